The lowest BCUT2D eigenvalue weighted by Crippen LogP contribution is -2.51. The smallest absolute Gasteiger partial charge is 0.337 e. The molecule has 0 saturated carbocycles. The normalized spacial score (nSPS) is 16.6. The van der Waals surface area contributed by atoms with Crippen LogP contribution in [0.25, 0.3) is 5.69 Å². The van der Waals surface area contributed by atoms with Gasteiger partial charge in [0.05, 0.1) is 27.3 Å². The van der Waals surface area contributed by atoms with E-state index in [0.29, 0.717) is 30.4 Å². The fourth-order valence-electron chi connectivity index (χ4n) is 5.93. The van der Waals surface area contributed by atoms with Gasteiger partial charge in [0.15, 0.2) is 5.82 Å². The van der Waals surface area contributed by atoms with E-state index in [1.807, 2.05) is 11.9 Å². The number of aromatic carboxylic acids is 1. The number of primary amides is 1. The lowest BCUT2D eigenvalue weighted by atomic mass is 9.84. The summed E-state index contributed by atoms with van der Waals surface area (Å²) in [6.07, 6.45) is 2.57. The van der Waals surface area contributed by atoms with E-state index in [4.69, 9.17) is 10.5 Å². The topological polar surface area (TPSA) is 193 Å². The summed E-state index contributed by atoms with van der Waals surface area (Å²) in [5.41, 5.74) is 5.50. The highest BCUT2D eigenvalue weighted by Crippen LogP contribution is 2.38. The second-order valence-corrected chi connectivity index (χ2v) is 14.4. The van der Waals surface area contributed by atoms with Crippen molar-refractivity contribution < 1.29 is 41.4 Å². The summed E-state index contributed by atoms with van der Waals surface area (Å²) in [7, 11) is -2.49. The van der Waals surface area contributed by atoms with Crippen molar-refractivity contribution in [2.45, 2.75) is 36.8 Å². The monoisotopic (exact) mass is 683 g/mol. The minimum Gasteiger partial charge on any atom is -0.486 e. The van der Waals surface area contributed by atoms with Crippen molar-refractivity contribution in [1.29, 1.82) is 0 Å². The molecule has 48 heavy (non-hydrogen) atoms. The van der Waals surface area contributed by atoms with Crippen molar-refractivity contribution in [2.24, 2.45) is 5.73 Å². The van der Waals surface area contributed by atoms with Crippen LogP contribution in [0, 0.1) is 11.6 Å². The number of carbonyl (C=O) groups is 3. The molecular formula is C31H31F2N7O7S. The summed E-state index contributed by atoms with van der Waals surface area (Å²) in [4.78, 5) is 39.5. The van der Waals surface area contributed by atoms with E-state index in [2.05, 4.69) is 15.5 Å². The first-order valence-electron chi connectivity index (χ1n) is 14.6. The maximum absolute atomic E-state index is 14.0. The van der Waals surface area contributed by atoms with E-state index in [1.165, 1.54) is 35.2 Å². The zero-order valence-corrected chi connectivity index (χ0v) is 26.8. The summed E-state index contributed by atoms with van der Waals surface area (Å²) >= 11 is 0. The van der Waals surface area contributed by atoms with Gasteiger partial charge in [-0.3, -0.25) is 19.6 Å². The molecule has 0 radical (unpaired) electrons. The van der Waals surface area contributed by atoms with Crippen LogP contribution in [-0.2, 0) is 22.0 Å². The highest BCUT2D eigenvalue weighted by Gasteiger charge is 2.41. The van der Waals surface area contributed by atoms with Crippen molar-refractivity contribution in [3.8, 4) is 11.4 Å². The SMILES string of the molecule is CN1CC(Oc2cc(C(N)=O)c(C(=O)Nc3n[nH]c4c3CN(S(=O)(=O)c3cc(F)cc(F)c3)CC4(C)C)cc2-n2ccc(C(=O)O)c2)C1. The highest BCUT2D eigenvalue weighted by atomic mass is 32.2. The van der Waals surface area contributed by atoms with Gasteiger partial charge in [-0.1, -0.05) is 13.8 Å². The predicted molar refractivity (Wildman–Crippen MR) is 167 cm³/mol. The molecule has 1 fully saturated rings. The van der Waals surface area contributed by atoms with E-state index in [9.17, 15) is 36.7 Å². The Morgan fingerprint density at radius 1 is 1.10 bits per heavy atom. The molecule has 2 aromatic heterocycles. The van der Waals surface area contributed by atoms with Gasteiger partial charge in [0.1, 0.15) is 23.5 Å². The summed E-state index contributed by atoms with van der Waals surface area (Å²) in [5.74, 6) is -4.90. The lowest BCUT2D eigenvalue weighted by molar-refractivity contribution is 0.0387. The molecule has 2 aliphatic heterocycles. The van der Waals surface area contributed by atoms with Gasteiger partial charge in [-0.05, 0) is 37.4 Å². The Bertz CT molecular complexity index is 2070. The van der Waals surface area contributed by atoms with Gasteiger partial charge in [0, 0.05) is 61.3 Å². The first-order valence-corrected chi connectivity index (χ1v) is 16.1. The maximum atomic E-state index is 14.0. The molecule has 0 spiro atoms. The number of benzene rings is 2. The zero-order chi connectivity index (χ0) is 34.7. The number of carboxylic acid groups (broad SMARTS) is 1. The standard InChI is InChI=1S/C31H31F2N7O7S/c1-31(2)15-40(48(45,46)20-7-17(32)6-18(33)8-20)14-23-26(31)36-37-28(23)35-29(42)22-9-24(39-5-4-16(11-39)30(43)44)25(10-21(22)27(34)41)47-19-12-38(3)13-19/h4-11,19H,12-15H2,1-3H3,(H2,34,41)(H,43,44)(H2,35,36,37,42). The van der Waals surface area contributed by atoms with E-state index in [-0.39, 0.29) is 53.1 Å². The molecule has 4 aromatic rings. The molecule has 0 unspecified atom stereocenters. The number of anilines is 1. The summed E-state index contributed by atoms with van der Waals surface area (Å²) in [5, 5.41) is 19.2. The molecule has 5 N–H and O–H groups in total. The number of hydrogen-bond donors (Lipinski definition) is 4. The molecule has 0 atom stereocenters. The van der Waals surface area contributed by atoms with Crippen LogP contribution in [-0.4, -0.2) is 88.1 Å². The number of ether oxygens (including phenoxy) is 1. The largest absolute Gasteiger partial charge is 0.486 e. The second kappa shape index (κ2) is 11.8. The van der Waals surface area contributed by atoms with Crippen LogP contribution in [0.1, 0.15) is 56.2 Å². The Kier molecular flexibility index (Phi) is 8.09. The highest BCUT2D eigenvalue weighted by molar-refractivity contribution is 7.89. The molecule has 6 rings (SSSR count). The third-order valence-corrected chi connectivity index (χ3v) is 10.1. The van der Waals surface area contributed by atoms with Crippen LogP contribution in [0.15, 0.2) is 53.7 Å². The number of nitrogens with two attached hydrogens (primary N) is 1. The number of aromatic amines is 1. The van der Waals surface area contributed by atoms with Crippen LogP contribution in [0.2, 0.25) is 0 Å². The average molecular weight is 684 g/mol. The number of carbonyl (C=O) groups excluding carboxylic acids is 2. The predicted octanol–water partition coefficient (Wildman–Crippen LogP) is 2.70. The van der Waals surface area contributed by atoms with Gasteiger partial charge in [-0.2, -0.15) is 9.40 Å². The van der Waals surface area contributed by atoms with Crippen molar-refractivity contribution >= 4 is 33.6 Å². The number of rotatable bonds is 9. The zero-order valence-electron chi connectivity index (χ0n) is 26.0. The van der Waals surface area contributed by atoms with Crippen molar-refractivity contribution in [2.75, 3.05) is 32.0 Å². The van der Waals surface area contributed by atoms with Gasteiger partial charge in [-0.15, -0.1) is 0 Å². The van der Waals surface area contributed by atoms with E-state index < -0.39 is 49.8 Å². The average Bonchev–Trinajstić information content (AvgIpc) is 3.64. The summed E-state index contributed by atoms with van der Waals surface area (Å²) < 4.78 is 63.6. The van der Waals surface area contributed by atoms with Crippen molar-refractivity contribution in [1.82, 2.24) is 24.0 Å². The van der Waals surface area contributed by atoms with Gasteiger partial charge in [0.25, 0.3) is 5.91 Å². The van der Waals surface area contributed by atoms with E-state index >= 15 is 0 Å². The number of nitrogens with one attached hydrogen (secondary N) is 2. The number of H-pyrrole nitrogens is 1. The molecule has 2 aromatic carbocycles. The molecule has 2 aliphatic rings. The molecular weight excluding hydrogens is 652 g/mol. The molecule has 0 bridgehead atoms. The van der Waals surface area contributed by atoms with Crippen molar-refractivity contribution in [3.05, 3.63) is 88.4 Å². The van der Waals surface area contributed by atoms with Crippen molar-refractivity contribution in [3.63, 3.8) is 0 Å². The Balaban J connectivity index is 1.37. The quantitative estimate of drug-likeness (QED) is 0.205. The number of likely N-dealkylation sites (N-methyl/N-ethyl adjacent to an activating group) is 1. The molecule has 17 heteroatoms. The Morgan fingerprint density at radius 2 is 1.79 bits per heavy atom. The fourth-order valence-corrected chi connectivity index (χ4v) is 7.54. The first kappa shape index (κ1) is 32.8. The fraction of sp³-hybridized carbons (Fsp3) is 0.290. The number of amides is 2. The van der Waals surface area contributed by atoms with Gasteiger partial charge in [-0.25, -0.2) is 22.0 Å². The summed E-state index contributed by atoms with van der Waals surface area (Å²) in [6.45, 7) is 4.30. The third-order valence-electron chi connectivity index (χ3n) is 8.31. The van der Waals surface area contributed by atoms with Crippen LogP contribution >= 0.6 is 0 Å². The number of nitrogens with zero attached hydrogens (tertiary/aromatic N) is 4. The number of carboxylic acids is 1. The van der Waals surface area contributed by atoms with Gasteiger partial charge >= 0.3 is 5.97 Å². The summed E-state index contributed by atoms with van der Waals surface area (Å²) in [6, 6.07) is 6.04. The lowest BCUT2D eigenvalue weighted by Gasteiger charge is -2.37. The molecule has 4 heterocycles. The van der Waals surface area contributed by atoms with Crippen LogP contribution in [0.3, 0.4) is 0 Å². The minimum absolute atomic E-state index is 0.0273. The number of aromatic nitrogens is 3. The Labute approximate surface area is 273 Å². The van der Waals surface area contributed by atoms with E-state index in [0.717, 1.165) is 16.4 Å². The molecule has 252 valence electrons. The van der Waals surface area contributed by atoms with Gasteiger partial charge in [0.2, 0.25) is 15.9 Å². The molecule has 14 nitrogen and oxygen atoms in total. The number of likely N-dealkylation sites (tertiary alicyclic amines) is 1. The number of hydrogen-bond acceptors (Lipinski definition) is 8. The maximum Gasteiger partial charge on any atom is 0.337 e. The van der Waals surface area contributed by atoms with Gasteiger partial charge < -0.3 is 25.5 Å². The molecule has 2 amide bonds. The van der Waals surface area contributed by atoms with E-state index in [1.54, 1.807) is 13.8 Å². The van der Waals surface area contributed by atoms with Crippen LogP contribution < -0.4 is 15.8 Å². The first-order chi connectivity index (χ1) is 22.5. The second-order valence-electron chi connectivity index (χ2n) is 12.4. The van der Waals surface area contributed by atoms with Crippen LogP contribution in [0.4, 0.5) is 14.6 Å². The Hall–Kier alpha value is -5.13. The minimum atomic E-state index is -4.39. The van der Waals surface area contributed by atoms with Crippen LogP contribution in [0.5, 0.6) is 5.75 Å². The molecule has 0 aliphatic carbocycles. The third kappa shape index (κ3) is 6.02. The number of fused-ring (bicyclic) bond motifs is 1. The number of halogens is 2. The number of sulfonamides is 1. The molecule has 1 saturated heterocycles. The Morgan fingerprint density at radius 3 is 2.40 bits per heavy atom.